The number of nitrogens with one attached hydrogen (secondary N) is 1. The van der Waals surface area contributed by atoms with E-state index in [-0.39, 0.29) is 19.1 Å². The molecular weight excluding hydrogens is 212 g/mol. The average Bonchev–Trinajstić information content (AvgIpc) is 2.98. The Morgan fingerprint density at radius 3 is 2.75 bits per heavy atom. The van der Waals surface area contributed by atoms with E-state index in [1.807, 2.05) is 0 Å². The standard InChI is InChI=1S/C10H14N2O4/c1-6-3-12(9(16)11-8(6)15)10(5-14)2-7(10)4-13/h3,7,13-14H,2,4-5H2,1H3,(H,11,15,16)/t7-,10+/m0/s1. The third-order valence-corrected chi connectivity index (χ3v) is 3.29. The second-order valence-corrected chi connectivity index (χ2v) is 4.29. The van der Waals surface area contributed by atoms with Crippen LogP contribution in [0.3, 0.4) is 0 Å². The largest absolute Gasteiger partial charge is 0.396 e. The number of hydrogen-bond acceptors (Lipinski definition) is 4. The summed E-state index contributed by atoms with van der Waals surface area (Å²) in [5.74, 6) is -0.125. The van der Waals surface area contributed by atoms with Crippen molar-refractivity contribution in [3.05, 3.63) is 32.6 Å². The van der Waals surface area contributed by atoms with E-state index >= 15 is 0 Å². The van der Waals surface area contributed by atoms with Gasteiger partial charge in [0.15, 0.2) is 0 Å². The minimum atomic E-state index is -0.735. The van der Waals surface area contributed by atoms with Gasteiger partial charge in [-0.25, -0.2) is 4.79 Å². The summed E-state index contributed by atoms with van der Waals surface area (Å²) < 4.78 is 1.32. The summed E-state index contributed by atoms with van der Waals surface area (Å²) in [7, 11) is 0. The van der Waals surface area contributed by atoms with Crippen LogP contribution in [-0.4, -0.2) is 33.0 Å². The Morgan fingerprint density at radius 2 is 2.25 bits per heavy atom. The summed E-state index contributed by atoms with van der Waals surface area (Å²) in [5, 5.41) is 18.4. The van der Waals surface area contributed by atoms with Crippen molar-refractivity contribution in [2.45, 2.75) is 18.9 Å². The highest BCUT2D eigenvalue weighted by atomic mass is 16.3. The first-order valence-electron chi connectivity index (χ1n) is 5.10. The van der Waals surface area contributed by atoms with Crippen LogP contribution in [0.25, 0.3) is 0 Å². The van der Waals surface area contributed by atoms with Crippen LogP contribution >= 0.6 is 0 Å². The monoisotopic (exact) mass is 226 g/mol. The molecule has 1 saturated carbocycles. The molecule has 88 valence electrons. The van der Waals surface area contributed by atoms with Crippen molar-refractivity contribution in [3.63, 3.8) is 0 Å². The number of aliphatic hydroxyl groups excluding tert-OH is 2. The zero-order chi connectivity index (χ0) is 11.9. The van der Waals surface area contributed by atoms with Gasteiger partial charge < -0.3 is 10.2 Å². The van der Waals surface area contributed by atoms with Gasteiger partial charge in [-0.15, -0.1) is 0 Å². The second-order valence-electron chi connectivity index (χ2n) is 4.29. The van der Waals surface area contributed by atoms with Gasteiger partial charge in [-0.1, -0.05) is 0 Å². The number of rotatable bonds is 3. The van der Waals surface area contributed by atoms with E-state index < -0.39 is 16.8 Å². The van der Waals surface area contributed by atoms with Crippen molar-refractivity contribution >= 4 is 0 Å². The van der Waals surface area contributed by atoms with Crippen molar-refractivity contribution in [1.29, 1.82) is 0 Å². The maximum atomic E-state index is 11.6. The Balaban J connectivity index is 2.53. The molecule has 0 radical (unpaired) electrons. The van der Waals surface area contributed by atoms with E-state index in [0.717, 1.165) is 0 Å². The van der Waals surface area contributed by atoms with Crippen molar-refractivity contribution in [3.8, 4) is 0 Å². The first-order valence-corrected chi connectivity index (χ1v) is 5.10. The predicted molar refractivity (Wildman–Crippen MR) is 56.3 cm³/mol. The topological polar surface area (TPSA) is 95.3 Å². The lowest BCUT2D eigenvalue weighted by Gasteiger charge is -2.17. The number of nitrogens with zero attached hydrogens (tertiary/aromatic N) is 1. The molecule has 1 heterocycles. The van der Waals surface area contributed by atoms with E-state index in [0.29, 0.717) is 12.0 Å². The molecule has 0 unspecified atom stereocenters. The van der Waals surface area contributed by atoms with E-state index in [4.69, 9.17) is 5.11 Å². The molecule has 1 aromatic rings. The normalized spacial score (nSPS) is 28.1. The Morgan fingerprint density at radius 1 is 1.56 bits per heavy atom. The molecular formula is C10H14N2O4. The van der Waals surface area contributed by atoms with Gasteiger partial charge in [0.1, 0.15) is 0 Å². The number of hydrogen-bond donors (Lipinski definition) is 3. The third-order valence-electron chi connectivity index (χ3n) is 3.29. The molecule has 1 aromatic heterocycles. The van der Waals surface area contributed by atoms with Gasteiger partial charge in [-0.2, -0.15) is 0 Å². The van der Waals surface area contributed by atoms with Gasteiger partial charge in [0.2, 0.25) is 0 Å². The van der Waals surface area contributed by atoms with Gasteiger partial charge in [-0.05, 0) is 13.3 Å². The molecule has 0 bridgehead atoms. The lowest BCUT2D eigenvalue weighted by molar-refractivity contribution is 0.171. The van der Waals surface area contributed by atoms with Gasteiger partial charge >= 0.3 is 5.69 Å². The van der Waals surface area contributed by atoms with Crippen LogP contribution in [0.5, 0.6) is 0 Å². The number of aryl methyl sites for hydroxylation is 1. The highest BCUT2D eigenvalue weighted by molar-refractivity contribution is 5.12. The Hall–Kier alpha value is -1.40. The first kappa shape index (κ1) is 11.1. The highest BCUT2D eigenvalue weighted by Crippen LogP contribution is 2.48. The van der Waals surface area contributed by atoms with E-state index in [1.54, 1.807) is 6.92 Å². The molecule has 1 aliphatic carbocycles. The summed E-state index contributed by atoms with van der Waals surface area (Å²) >= 11 is 0. The van der Waals surface area contributed by atoms with Crippen LogP contribution in [0.4, 0.5) is 0 Å². The van der Waals surface area contributed by atoms with Crippen molar-refractivity contribution in [2.75, 3.05) is 13.2 Å². The van der Waals surface area contributed by atoms with Gasteiger partial charge in [0, 0.05) is 24.3 Å². The molecule has 3 N–H and O–H groups in total. The molecule has 6 nitrogen and oxygen atoms in total. The molecule has 0 saturated heterocycles. The first-order chi connectivity index (χ1) is 7.55. The minimum Gasteiger partial charge on any atom is -0.396 e. The van der Waals surface area contributed by atoms with E-state index in [2.05, 4.69) is 4.98 Å². The smallest absolute Gasteiger partial charge is 0.328 e. The maximum absolute atomic E-state index is 11.6. The Labute approximate surface area is 91.2 Å². The molecule has 2 atom stereocenters. The second kappa shape index (κ2) is 3.57. The molecule has 0 amide bonds. The Bertz CT molecular complexity index is 518. The average molecular weight is 226 g/mol. The molecule has 0 aliphatic heterocycles. The van der Waals surface area contributed by atoms with Gasteiger partial charge in [0.05, 0.1) is 12.1 Å². The number of H-pyrrole nitrogens is 1. The molecule has 0 spiro atoms. The number of aromatic amines is 1. The summed E-state index contributed by atoms with van der Waals surface area (Å²) in [5.41, 5.74) is -1.28. The zero-order valence-electron chi connectivity index (χ0n) is 8.93. The Kier molecular flexibility index (Phi) is 2.47. The minimum absolute atomic E-state index is 0.0782. The molecule has 2 rings (SSSR count). The summed E-state index contributed by atoms with van der Waals surface area (Å²) in [6, 6.07) is 0. The fraction of sp³-hybridized carbons (Fsp3) is 0.600. The third kappa shape index (κ3) is 1.42. The van der Waals surface area contributed by atoms with E-state index in [9.17, 15) is 14.7 Å². The lowest BCUT2D eigenvalue weighted by atomic mass is 10.2. The predicted octanol–water partition coefficient (Wildman–Crippen LogP) is -1.46. The van der Waals surface area contributed by atoms with Crippen LogP contribution in [0.1, 0.15) is 12.0 Å². The van der Waals surface area contributed by atoms with Crippen LogP contribution in [0, 0.1) is 12.8 Å². The summed E-state index contributed by atoms with van der Waals surface area (Å²) in [6.07, 6.45) is 1.98. The summed E-state index contributed by atoms with van der Waals surface area (Å²) in [4.78, 5) is 25.0. The van der Waals surface area contributed by atoms with Crippen molar-refractivity contribution in [2.24, 2.45) is 5.92 Å². The van der Waals surface area contributed by atoms with Crippen LogP contribution in [-0.2, 0) is 5.54 Å². The summed E-state index contributed by atoms with van der Waals surface area (Å²) in [6.45, 7) is 1.30. The number of aliphatic hydroxyl groups is 2. The fourth-order valence-corrected chi connectivity index (χ4v) is 2.06. The van der Waals surface area contributed by atoms with Crippen LogP contribution in [0.2, 0.25) is 0 Å². The maximum Gasteiger partial charge on any atom is 0.328 e. The van der Waals surface area contributed by atoms with Crippen molar-refractivity contribution in [1.82, 2.24) is 9.55 Å². The molecule has 6 heteroatoms. The van der Waals surface area contributed by atoms with Crippen LogP contribution < -0.4 is 11.2 Å². The van der Waals surface area contributed by atoms with Gasteiger partial charge in [-0.3, -0.25) is 14.3 Å². The molecule has 1 aliphatic rings. The quantitative estimate of drug-likeness (QED) is 0.587. The number of aromatic nitrogens is 2. The molecule has 16 heavy (non-hydrogen) atoms. The molecule has 0 aromatic carbocycles. The van der Waals surface area contributed by atoms with Crippen LogP contribution in [0.15, 0.2) is 15.8 Å². The van der Waals surface area contributed by atoms with E-state index in [1.165, 1.54) is 10.8 Å². The van der Waals surface area contributed by atoms with Crippen molar-refractivity contribution < 1.29 is 10.2 Å². The molecule has 1 fully saturated rings. The zero-order valence-corrected chi connectivity index (χ0v) is 8.93. The lowest BCUT2D eigenvalue weighted by Crippen LogP contribution is -2.40. The fourth-order valence-electron chi connectivity index (χ4n) is 2.06. The van der Waals surface area contributed by atoms with Gasteiger partial charge in [0.25, 0.3) is 5.56 Å². The highest BCUT2D eigenvalue weighted by Gasteiger charge is 2.55. The SMILES string of the molecule is Cc1cn([C@@]2(CO)C[C@H]2CO)c(=O)[nH]c1=O.